The SMILES string of the molecule is CC(C)ON=C1CS(=O)(=O)CC1N. The lowest BCUT2D eigenvalue weighted by Crippen LogP contribution is -2.29. The summed E-state index contributed by atoms with van der Waals surface area (Å²) in [6, 6.07) is -0.497. The van der Waals surface area contributed by atoms with E-state index in [4.69, 9.17) is 10.6 Å². The lowest BCUT2D eigenvalue weighted by atomic mass is 10.2. The molecule has 0 radical (unpaired) electrons. The predicted molar refractivity (Wildman–Crippen MR) is 50.3 cm³/mol. The van der Waals surface area contributed by atoms with Gasteiger partial charge in [0.1, 0.15) is 6.10 Å². The molecule has 1 fully saturated rings. The average Bonchev–Trinajstić information content (AvgIpc) is 2.20. The van der Waals surface area contributed by atoms with Crippen molar-refractivity contribution in [3.05, 3.63) is 0 Å². The molecular formula is C7H14N2O3S. The van der Waals surface area contributed by atoms with Gasteiger partial charge in [-0.05, 0) is 13.8 Å². The maximum Gasteiger partial charge on any atom is 0.157 e. The van der Waals surface area contributed by atoms with Gasteiger partial charge in [0.25, 0.3) is 0 Å². The quantitative estimate of drug-likeness (QED) is 0.619. The summed E-state index contributed by atoms with van der Waals surface area (Å²) in [6.45, 7) is 3.64. The van der Waals surface area contributed by atoms with E-state index in [2.05, 4.69) is 5.16 Å². The zero-order valence-corrected chi connectivity index (χ0v) is 8.54. The van der Waals surface area contributed by atoms with Gasteiger partial charge in [-0.25, -0.2) is 8.42 Å². The molecule has 0 aromatic rings. The second-order valence-corrected chi connectivity index (χ2v) is 5.51. The molecular weight excluding hydrogens is 192 g/mol. The van der Waals surface area contributed by atoms with E-state index in [0.717, 1.165) is 0 Å². The number of nitrogens with two attached hydrogens (primary N) is 1. The standard InChI is InChI=1S/C7H14N2O3S/c1-5(2)12-9-7-4-13(10,11)3-6(7)8/h5-6H,3-4,8H2,1-2H3. The van der Waals surface area contributed by atoms with E-state index in [9.17, 15) is 8.42 Å². The smallest absolute Gasteiger partial charge is 0.157 e. The van der Waals surface area contributed by atoms with Crippen molar-refractivity contribution in [3.63, 3.8) is 0 Å². The van der Waals surface area contributed by atoms with E-state index in [1.54, 1.807) is 0 Å². The molecule has 0 spiro atoms. The van der Waals surface area contributed by atoms with Crippen molar-refractivity contribution in [2.75, 3.05) is 11.5 Å². The van der Waals surface area contributed by atoms with Gasteiger partial charge in [-0.1, -0.05) is 5.16 Å². The first-order valence-electron chi connectivity index (χ1n) is 4.09. The molecule has 1 aliphatic heterocycles. The first kappa shape index (κ1) is 10.5. The van der Waals surface area contributed by atoms with Gasteiger partial charge in [0.15, 0.2) is 9.84 Å². The minimum atomic E-state index is -3.03. The summed E-state index contributed by atoms with van der Waals surface area (Å²) in [7, 11) is -3.03. The van der Waals surface area contributed by atoms with Gasteiger partial charge in [0.05, 0.1) is 23.3 Å². The first-order valence-corrected chi connectivity index (χ1v) is 5.91. The van der Waals surface area contributed by atoms with Crippen molar-refractivity contribution >= 4 is 15.5 Å². The molecule has 1 heterocycles. The van der Waals surface area contributed by atoms with Crippen molar-refractivity contribution in [2.45, 2.75) is 26.0 Å². The lowest BCUT2D eigenvalue weighted by Gasteiger charge is -2.04. The van der Waals surface area contributed by atoms with Crippen LogP contribution in [0.1, 0.15) is 13.8 Å². The molecule has 1 unspecified atom stereocenters. The van der Waals surface area contributed by atoms with E-state index in [-0.39, 0.29) is 17.6 Å². The Labute approximate surface area is 77.9 Å². The highest BCUT2D eigenvalue weighted by Gasteiger charge is 2.32. The molecule has 1 saturated heterocycles. The summed E-state index contributed by atoms with van der Waals surface area (Å²) in [5.41, 5.74) is 5.98. The number of sulfone groups is 1. The van der Waals surface area contributed by atoms with E-state index in [1.165, 1.54) is 0 Å². The molecule has 1 rings (SSSR count). The van der Waals surface area contributed by atoms with Crippen LogP contribution in [-0.4, -0.2) is 37.8 Å². The Hall–Kier alpha value is -0.620. The average molecular weight is 206 g/mol. The van der Waals surface area contributed by atoms with Crippen LogP contribution >= 0.6 is 0 Å². The Kier molecular flexibility index (Phi) is 2.92. The van der Waals surface area contributed by atoms with Crippen molar-refractivity contribution in [1.29, 1.82) is 0 Å². The summed E-state index contributed by atoms with van der Waals surface area (Å²) >= 11 is 0. The first-order chi connectivity index (χ1) is 5.91. The topological polar surface area (TPSA) is 81.8 Å². The third kappa shape index (κ3) is 2.96. The third-order valence-corrected chi connectivity index (χ3v) is 3.21. The van der Waals surface area contributed by atoms with Crippen LogP contribution in [0.2, 0.25) is 0 Å². The minimum Gasteiger partial charge on any atom is -0.393 e. The van der Waals surface area contributed by atoms with Gasteiger partial charge in [-0.15, -0.1) is 0 Å². The van der Waals surface area contributed by atoms with Crippen LogP contribution in [0.4, 0.5) is 0 Å². The van der Waals surface area contributed by atoms with Crippen LogP contribution < -0.4 is 5.73 Å². The molecule has 2 N–H and O–H groups in total. The fourth-order valence-corrected chi connectivity index (χ4v) is 2.60. The highest BCUT2D eigenvalue weighted by atomic mass is 32.2. The molecule has 0 aliphatic carbocycles. The summed E-state index contributed by atoms with van der Waals surface area (Å²) in [5.74, 6) is -0.0891. The Bertz CT molecular complexity index is 308. The second kappa shape index (κ2) is 3.63. The fraction of sp³-hybridized carbons (Fsp3) is 0.857. The zero-order valence-electron chi connectivity index (χ0n) is 7.73. The molecule has 76 valence electrons. The van der Waals surface area contributed by atoms with Gasteiger partial charge in [0, 0.05) is 0 Å². The van der Waals surface area contributed by atoms with E-state index < -0.39 is 15.9 Å². The Balaban J connectivity index is 2.68. The van der Waals surface area contributed by atoms with Crippen LogP contribution in [0.3, 0.4) is 0 Å². The van der Waals surface area contributed by atoms with Gasteiger partial charge < -0.3 is 10.6 Å². The third-order valence-electron chi connectivity index (χ3n) is 1.61. The van der Waals surface area contributed by atoms with Crippen LogP contribution in [0.5, 0.6) is 0 Å². The molecule has 0 aromatic carbocycles. The molecule has 5 nitrogen and oxygen atoms in total. The summed E-state index contributed by atoms with van der Waals surface area (Å²) in [4.78, 5) is 4.93. The van der Waals surface area contributed by atoms with Gasteiger partial charge in [0.2, 0.25) is 0 Å². The van der Waals surface area contributed by atoms with Gasteiger partial charge in [-0.3, -0.25) is 0 Å². The Morgan fingerprint density at radius 2 is 2.23 bits per heavy atom. The van der Waals surface area contributed by atoms with E-state index in [1.807, 2.05) is 13.8 Å². The Morgan fingerprint density at radius 3 is 2.62 bits per heavy atom. The Morgan fingerprint density at radius 1 is 1.62 bits per heavy atom. The van der Waals surface area contributed by atoms with Gasteiger partial charge >= 0.3 is 0 Å². The number of oxime groups is 1. The largest absolute Gasteiger partial charge is 0.393 e. The predicted octanol–water partition coefficient (Wildman–Crippen LogP) is -0.477. The van der Waals surface area contributed by atoms with Crippen molar-refractivity contribution in [2.24, 2.45) is 10.9 Å². The minimum absolute atomic E-state index is 0.0205. The van der Waals surface area contributed by atoms with Crippen molar-refractivity contribution < 1.29 is 13.3 Å². The maximum absolute atomic E-state index is 11.1. The molecule has 13 heavy (non-hydrogen) atoms. The lowest BCUT2D eigenvalue weighted by molar-refractivity contribution is 0.0853. The number of hydrogen-bond acceptors (Lipinski definition) is 5. The van der Waals surface area contributed by atoms with Crippen molar-refractivity contribution in [3.8, 4) is 0 Å². The van der Waals surface area contributed by atoms with Crippen LogP contribution in [0.25, 0.3) is 0 Å². The van der Waals surface area contributed by atoms with Crippen LogP contribution in [0.15, 0.2) is 5.16 Å². The molecule has 1 aliphatic rings. The summed E-state index contributed by atoms with van der Waals surface area (Å²) in [5, 5.41) is 3.71. The van der Waals surface area contributed by atoms with Crippen LogP contribution in [-0.2, 0) is 14.7 Å². The highest BCUT2D eigenvalue weighted by Crippen LogP contribution is 2.08. The highest BCUT2D eigenvalue weighted by molar-refractivity contribution is 7.92. The van der Waals surface area contributed by atoms with Gasteiger partial charge in [-0.2, -0.15) is 0 Å². The number of nitrogens with zero attached hydrogens (tertiary/aromatic N) is 1. The zero-order chi connectivity index (χ0) is 10.1. The molecule has 0 amide bonds. The molecule has 0 aromatic heterocycles. The normalized spacial score (nSPS) is 29.8. The molecule has 1 atom stereocenters. The molecule has 0 bridgehead atoms. The maximum atomic E-state index is 11.1. The van der Waals surface area contributed by atoms with E-state index >= 15 is 0 Å². The monoisotopic (exact) mass is 206 g/mol. The van der Waals surface area contributed by atoms with Crippen LogP contribution in [0, 0.1) is 0 Å². The second-order valence-electron chi connectivity index (χ2n) is 3.40. The number of rotatable bonds is 2. The number of hydrogen-bond donors (Lipinski definition) is 1. The molecule has 0 saturated carbocycles. The van der Waals surface area contributed by atoms with Crippen molar-refractivity contribution in [1.82, 2.24) is 0 Å². The van der Waals surface area contributed by atoms with E-state index in [0.29, 0.717) is 5.71 Å². The summed E-state index contributed by atoms with van der Waals surface area (Å²) < 4.78 is 22.2. The summed E-state index contributed by atoms with van der Waals surface area (Å²) in [6.07, 6.45) is -0.0528. The molecule has 6 heteroatoms. The fourth-order valence-electron chi connectivity index (χ4n) is 1.03.